The van der Waals surface area contributed by atoms with Gasteiger partial charge in [0.05, 0.1) is 18.6 Å². The first-order chi connectivity index (χ1) is 14.0. The van der Waals surface area contributed by atoms with Gasteiger partial charge in [-0.25, -0.2) is 0 Å². The highest BCUT2D eigenvalue weighted by Gasteiger charge is 2.33. The van der Waals surface area contributed by atoms with Crippen LogP contribution in [0.5, 0.6) is 0 Å². The predicted octanol–water partition coefficient (Wildman–Crippen LogP) is 5.27. The monoisotopic (exact) mass is 426 g/mol. The molecule has 1 fully saturated rings. The molecule has 4 rings (SSSR count). The van der Waals surface area contributed by atoms with Crippen molar-refractivity contribution in [1.29, 1.82) is 0 Å². The number of thioether (sulfide) groups is 1. The number of nitrogens with one attached hydrogen (secondary N) is 1. The van der Waals surface area contributed by atoms with E-state index in [2.05, 4.69) is 5.32 Å². The number of amides is 2. The second-order valence-electron chi connectivity index (χ2n) is 6.80. The number of halogens is 1. The molecule has 2 amide bonds. The molecule has 0 spiro atoms. The Hall–Kier alpha value is -2.70. The Labute approximate surface area is 178 Å². The van der Waals surface area contributed by atoms with Crippen LogP contribution in [0.2, 0.25) is 5.02 Å². The van der Waals surface area contributed by atoms with Gasteiger partial charge in [-0.05, 0) is 54.4 Å². The van der Waals surface area contributed by atoms with Crippen LogP contribution in [0.1, 0.15) is 32.6 Å². The highest BCUT2D eigenvalue weighted by molar-refractivity contribution is 8.00. The van der Waals surface area contributed by atoms with Gasteiger partial charge in [0.15, 0.2) is 0 Å². The smallest absolute Gasteiger partial charge is 0.255 e. The van der Waals surface area contributed by atoms with E-state index < -0.39 is 0 Å². The van der Waals surface area contributed by atoms with Gasteiger partial charge in [0.1, 0.15) is 11.1 Å². The number of nitrogens with zero attached hydrogens (tertiary/aromatic N) is 1. The number of anilines is 1. The van der Waals surface area contributed by atoms with Crippen LogP contribution in [-0.4, -0.2) is 22.5 Å². The summed E-state index contributed by atoms with van der Waals surface area (Å²) in [6.07, 6.45) is 1.60. The molecule has 2 aromatic carbocycles. The first kappa shape index (κ1) is 19.6. The van der Waals surface area contributed by atoms with Gasteiger partial charge in [-0.1, -0.05) is 29.8 Å². The number of furan rings is 1. The van der Waals surface area contributed by atoms with E-state index in [4.69, 9.17) is 16.0 Å². The van der Waals surface area contributed by atoms with Crippen LogP contribution < -0.4 is 5.32 Å². The number of carbonyl (C=O) groups is 2. The molecule has 3 aromatic rings. The summed E-state index contributed by atoms with van der Waals surface area (Å²) in [6.45, 7) is 2.34. The second kappa shape index (κ2) is 8.35. The maximum Gasteiger partial charge on any atom is 0.255 e. The molecule has 5 nitrogen and oxygen atoms in total. The van der Waals surface area contributed by atoms with Crippen LogP contribution in [0.3, 0.4) is 0 Å². The molecule has 1 saturated heterocycles. The quantitative estimate of drug-likeness (QED) is 0.603. The highest BCUT2D eigenvalue weighted by Crippen LogP contribution is 2.39. The van der Waals surface area contributed by atoms with Crippen LogP contribution in [-0.2, 0) is 11.3 Å². The fraction of sp³-hybridized carbons (Fsp3) is 0.182. The van der Waals surface area contributed by atoms with E-state index in [0.29, 0.717) is 28.6 Å². The average Bonchev–Trinajstić information content (AvgIpc) is 3.36. The van der Waals surface area contributed by atoms with Crippen LogP contribution in [0.25, 0.3) is 0 Å². The fourth-order valence-corrected chi connectivity index (χ4v) is 4.55. The van der Waals surface area contributed by atoms with E-state index in [0.717, 1.165) is 16.9 Å². The minimum absolute atomic E-state index is 0.0784. The summed E-state index contributed by atoms with van der Waals surface area (Å²) in [5.41, 5.74) is 3.14. The molecule has 0 saturated carbocycles. The molecule has 0 unspecified atom stereocenters. The van der Waals surface area contributed by atoms with Crippen molar-refractivity contribution >= 4 is 40.9 Å². The highest BCUT2D eigenvalue weighted by atomic mass is 35.5. The van der Waals surface area contributed by atoms with E-state index >= 15 is 0 Å². The van der Waals surface area contributed by atoms with Crippen molar-refractivity contribution in [3.05, 3.63) is 88.3 Å². The lowest BCUT2D eigenvalue weighted by Crippen LogP contribution is -2.27. The first-order valence-electron chi connectivity index (χ1n) is 9.12. The lowest BCUT2D eigenvalue weighted by atomic mass is 10.1. The largest absolute Gasteiger partial charge is 0.467 e. The summed E-state index contributed by atoms with van der Waals surface area (Å²) in [6, 6.07) is 16.4. The normalized spacial score (nSPS) is 16.3. The van der Waals surface area contributed by atoms with E-state index in [1.807, 2.05) is 37.3 Å². The van der Waals surface area contributed by atoms with Crippen molar-refractivity contribution < 1.29 is 14.0 Å². The molecule has 0 bridgehead atoms. The zero-order valence-electron chi connectivity index (χ0n) is 15.7. The summed E-state index contributed by atoms with van der Waals surface area (Å²) >= 11 is 7.60. The summed E-state index contributed by atoms with van der Waals surface area (Å²) in [5.74, 6) is 1.06. The minimum atomic E-state index is -0.204. The number of rotatable bonds is 5. The molecule has 0 radical (unpaired) electrons. The molecule has 29 heavy (non-hydrogen) atoms. The average molecular weight is 427 g/mol. The second-order valence-corrected chi connectivity index (χ2v) is 8.30. The van der Waals surface area contributed by atoms with Crippen molar-refractivity contribution in [2.24, 2.45) is 0 Å². The van der Waals surface area contributed by atoms with E-state index in [-0.39, 0.29) is 17.2 Å². The van der Waals surface area contributed by atoms with E-state index in [9.17, 15) is 9.59 Å². The summed E-state index contributed by atoms with van der Waals surface area (Å²) in [5, 5.41) is 3.37. The molecule has 1 atom stereocenters. The lowest BCUT2D eigenvalue weighted by Gasteiger charge is -2.23. The third-order valence-corrected chi connectivity index (χ3v) is 6.27. The maximum atomic E-state index is 12.6. The molecular weight excluding hydrogens is 408 g/mol. The van der Waals surface area contributed by atoms with Crippen LogP contribution in [0.4, 0.5) is 5.69 Å². The zero-order valence-corrected chi connectivity index (χ0v) is 17.3. The van der Waals surface area contributed by atoms with Crippen molar-refractivity contribution in [3.8, 4) is 0 Å². The zero-order chi connectivity index (χ0) is 20.4. The van der Waals surface area contributed by atoms with Crippen molar-refractivity contribution in [2.45, 2.75) is 18.8 Å². The summed E-state index contributed by atoms with van der Waals surface area (Å²) < 4.78 is 5.39. The molecule has 1 aromatic heterocycles. The van der Waals surface area contributed by atoms with E-state index in [1.165, 1.54) is 0 Å². The summed E-state index contributed by atoms with van der Waals surface area (Å²) in [4.78, 5) is 26.7. The lowest BCUT2D eigenvalue weighted by molar-refractivity contribution is -0.128. The molecule has 1 aliphatic heterocycles. The Bertz CT molecular complexity index is 1030. The van der Waals surface area contributed by atoms with Gasteiger partial charge >= 0.3 is 0 Å². The van der Waals surface area contributed by atoms with Crippen LogP contribution in [0.15, 0.2) is 65.3 Å². The Morgan fingerprint density at radius 1 is 1.24 bits per heavy atom. The van der Waals surface area contributed by atoms with Gasteiger partial charge in [0.2, 0.25) is 5.91 Å². The van der Waals surface area contributed by atoms with Gasteiger partial charge < -0.3 is 14.6 Å². The third-order valence-electron chi connectivity index (χ3n) is 4.78. The predicted molar refractivity (Wildman–Crippen MR) is 115 cm³/mol. The van der Waals surface area contributed by atoms with Gasteiger partial charge in [-0.3, -0.25) is 9.59 Å². The minimum Gasteiger partial charge on any atom is -0.467 e. The Kier molecular flexibility index (Phi) is 5.65. The van der Waals surface area contributed by atoms with Crippen molar-refractivity contribution in [3.63, 3.8) is 0 Å². The molecule has 1 aliphatic rings. The topological polar surface area (TPSA) is 62.6 Å². The number of hydrogen-bond donors (Lipinski definition) is 1. The molecular formula is C22H19ClN2O3S. The standard InChI is InChI=1S/C22H19ClN2O3S/c1-14-4-9-17(23)11-19(14)24-21(27)15-5-7-16(8-6-15)22-25(20(26)13-29-22)12-18-3-2-10-28-18/h2-11,22H,12-13H2,1H3,(H,24,27)/t22-/m0/s1. The van der Waals surface area contributed by atoms with Gasteiger partial charge in [-0.2, -0.15) is 0 Å². The molecule has 148 valence electrons. The Morgan fingerprint density at radius 3 is 2.76 bits per heavy atom. The molecule has 1 N–H and O–H groups in total. The number of aryl methyl sites for hydroxylation is 1. The molecule has 7 heteroatoms. The Balaban J connectivity index is 1.49. The van der Waals surface area contributed by atoms with Crippen LogP contribution >= 0.6 is 23.4 Å². The number of carbonyl (C=O) groups excluding carboxylic acids is 2. The SMILES string of the molecule is Cc1ccc(Cl)cc1NC(=O)c1ccc([C@@H]2SCC(=O)N2Cc2ccco2)cc1. The fourth-order valence-electron chi connectivity index (χ4n) is 3.19. The maximum absolute atomic E-state index is 12.6. The van der Waals surface area contributed by atoms with E-state index in [1.54, 1.807) is 47.2 Å². The van der Waals surface area contributed by atoms with Crippen LogP contribution in [0, 0.1) is 6.92 Å². The van der Waals surface area contributed by atoms with Crippen molar-refractivity contribution in [1.82, 2.24) is 4.90 Å². The molecule has 2 heterocycles. The number of benzene rings is 2. The third kappa shape index (κ3) is 4.33. The van der Waals surface area contributed by atoms with Gasteiger partial charge in [0.25, 0.3) is 5.91 Å². The van der Waals surface area contributed by atoms with Gasteiger partial charge in [0, 0.05) is 16.3 Å². The van der Waals surface area contributed by atoms with Gasteiger partial charge in [-0.15, -0.1) is 11.8 Å². The summed E-state index contributed by atoms with van der Waals surface area (Å²) in [7, 11) is 0. The van der Waals surface area contributed by atoms with Crippen molar-refractivity contribution in [2.75, 3.05) is 11.1 Å². The Morgan fingerprint density at radius 2 is 2.03 bits per heavy atom. The first-order valence-corrected chi connectivity index (χ1v) is 10.5. The molecule has 0 aliphatic carbocycles. The number of hydrogen-bond acceptors (Lipinski definition) is 4.